The van der Waals surface area contributed by atoms with E-state index in [4.69, 9.17) is 4.74 Å². The smallest absolute Gasteiger partial charge is 0.333 e. The molecule has 0 rings (SSSR count). The van der Waals surface area contributed by atoms with Crippen molar-refractivity contribution in [2.24, 2.45) is 0 Å². The van der Waals surface area contributed by atoms with Gasteiger partial charge in [-0.25, -0.2) is 4.79 Å². The van der Waals surface area contributed by atoms with Crippen LogP contribution in [0.15, 0.2) is 24.8 Å². The predicted octanol–water partition coefficient (Wildman–Crippen LogP) is 3.10. The summed E-state index contributed by atoms with van der Waals surface area (Å²) in [7, 11) is 0. The van der Waals surface area contributed by atoms with Gasteiger partial charge in [0.2, 0.25) is 0 Å². The molecule has 0 aliphatic heterocycles. The highest BCUT2D eigenvalue weighted by Gasteiger charge is 2.15. The number of hydrogen-bond acceptors (Lipinski definition) is 2. The molecule has 0 unspecified atom stereocenters. The van der Waals surface area contributed by atoms with Crippen LogP contribution in [0.1, 0.15) is 34.6 Å². The summed E-state index contributed by atoms with van der Waals surface area (Å²) in [6.45, 7) is 15.8. The van der Waals surface area contributed by atoms with Gasteiger partial charge < -0.3 is 4.74 Å². The first-order chi connectivity index (χ1) is 5.74. The molecule has 2 nitrogen and oxygen atoms in total. The van der Waals surface area contributed by atoms with Crippen LogP contribution in [-0.2, 0) is 9.53 Å². The van der Waals surface area contributed by atoms with E-state index < -0.39 is 5.60 Å². The molecule has 0 fully saturated rings. The Kier molecular flexibility index (Phi) is 7.20. The van der Waals surface area contributed by atoms with Gasteiger partial charge in [-0.05, 0) is 34.6 Å². The van der Waals surface area contributed by atoms with Crippen molar-refractivity contribution in [2.45, 2.75) is 40.2 Å². The van der Waals surface area contributed by atoms with Gasteiger partial charge in [0.15, 0.2) is 0 Å². The molecule has 0 aliphatic rings. The molecular weight excluding hydrogens is 164 g/mol. The van der Waals surface area contributed by atoms with Gasteiger partial charge >= 0.3 is 5.97 Å². The van der Waals surface area contributed by atoms with Gasteiger partial charge in [0.1, 0.15) is 5.60 Å². The molecule has 76 valence electrons. The fraction of sp³-hybridized carbons (Fsp3) is 0.545. The van der Waals surface area contributed by atoms with Crippen LogP contribution in [0.2, 0.25) is 0 Å². The maximum absolute atomic E-state index is 10.8. The maximum atomic E-state index is 10.8. The zero-order valence-corrected chi connectivity index (χ0v) is 9.31. The molecule has 0 amide bonds. The number of hydrogen-bond donors (Lipinski definition) is 0. The molecule has 2 heteroatoms. The zero-order chi connectivity index (χ0) is 11.1. The van der Waals surface area contributed by atoms with E-state index >= 15 is 0 Å². The lowest BCUT2D eigenvalue weighted by Gasteiger charge is -2.19. The molecule has 0 aromatic heterocycles. The summed E-state index contributed by atoms with van der Waals surface area (Å²) in [4.78, 5) is 10.8. The largest absolute Gasteiger partial charge is 0.457 e. The van der Waals surface area contributed by atoms with Crippen LogP contribution in [0, 0.1) is 0 Å². The highest BCUT2D eigenvalue weighted by Crippen LogP contribution is 2.09. The molecular formula is C11H20O2. The molecule has 0 aromatic carbocycles. The van der Waals surface area contributed by atoms with E-state index in [0.29, 0.717) is 5.57 Å². The Balaban J connectivity index is 0. The summed E-state index contributed by atoms with van der Waals surface area (Å²) >= 11 is 0. The van der Waals surface area contributed by atoms with Crippen LogP contribution in [0.25, 0.3) is 0 Å². The van der Waals surface area contributed by atoms with Crippen LogP contribution in [-0.4, -0.2) is 11.6 Å². The van der Waals surface area contributed by atoms with E-state index in [1.165, 1.54) is 0 Å². The van der Waals surface area contributed by atoms with Crippen molar-refractivity contribution in [1.29, 1.82) is 0 Å². The van der Waals surface area contributed by atoms with E-state index in [0.717, 1.165) is 0 Å². The number of rotatable bonds is 1. The molecule has 13 heavy (non-hydrogen) atoms. The Morgan fingerprint density at radius 2 is 1.69 bits per heavy atom. The van der Waals surface area contributed by atoms with E-state index in [9.17, 15) is 4.79 Å². The lowest BCUT2D eigenvalue weighted by Crippen LogP contribution is -2.23. The SMILES string of the molecule is C=C(C)C(=O)OC(C)(C)C.C=CC. The van der Waals surface area contributed by atoms with Crippen molar-refractivity contribution in [3.05, 3.63) is 24.8 Å². The standard InChI is InChI=1S/C8H14O2.C3H6/c1-6(2)7(9)10-8(3,4)5;1-3-2/h1H2,2-5H3;3H,1H2,2H3. The Morgan fingerprint density at radius 3 is 1.77 bits per heavy atom. The number of esters is 1. The molecule has 0 aliphatic carbocycles. The molecule has 0 spiro atoms. The summed E-state index contributed by atoms with van der Waals surface area (Å²) in [6, 6.07) is 0. The van der Waals surface area contributed by atoms with Gasteiger partial charge in [0, 0.05) is 5.57 Å². The molecule has 0 saturated heterocycles. The van der Waals surface area contributed by atoms with Crippen LogP contribution in [0.4, 0.5) is 0 Å². The molecule has 0 bridgehead atoms. The van der Waals surface area contributed by atoms with Gasteiger partial charge in [-0.2, -0.15) is 0 Å². The van der Waals surface area contributed by atoms with Gasteiger partial charge in [0.05, 0.1) is 0 Å². The first kappa shape index (κ1) is 14.5. The zero-order valence-electron chi connectivity index (χ0n) is 9.31. The summed E-state index contributed by atoms with van der Waals surface area (Å²) in [5.74, 6) is -0.326. The molecule has 0 atom stereocenters. The highest BCUT2D eigenvalue weighted by atomic mass is 16.6. The Bertz CT molecular complexity index is 185. The fourth-order valence-electron chi connectivity index (χ4n) is 0.365. The maximum Gasteiger partial charge on any atom is 0.333 e. The summed E-state index contributed by atoms with van der Waals surface area (Å²) in [6.07, 6.45) is 1.75. The molecule has 0 N–H and O–H groups in total. The highest BCUT2D eigenvalue weighted by molar-refractivity contribution is 5.87. The van der Waals surface area contributed by atoms with Gasteiger partial charge in [-0.15, -0.1) is 6.58 Å². The third-order valence-corrected chi connectivity index (χ3v) is 0.747. The fourth-order valence-corrected chi connectivity index (χ4v) is 0.365. The summed E-state index contributed by atoms with van der Waals surface area (Å²) in [5.41, 5.74) is 0.0330. The van der Waals surface area contributed by atoms with E-state index in [1.54, 1.807) is 13.0 Å². The van der Waals surface area contributed by atoms with Crippen LogP contribution in [0.3, 0.4) is 0 Å². The Labute approximate surface area is 81.3 Å². The van der Waals surface area contributed by atoms with Crippen molar-refractivity contribution < 1.29 is 9.53 Å². The van der Waals surface area contributed by atoms with Crippen LogP contribution in [0.5, 0.6) is 0 Å². The van der Waals surface area contributed by atoms with Crippen molar-refractivity contribution in [3.8, 4) is 0 Å². The van der Waals surface area contributed by atoms with Crippen molar-refractivity contribution in [3.63, 3.8) is 0 Å². The van der Waals surface area contributed by atoms with E-state index in [2.05, 4.69) is 13.2 Å². The lowest BCUT2D eigenvalue weighted by atomic mass is 10.2. The average Bonchev–Trinajstić information content (AvgIpc) is 1.84. The molecule has 0 saturated carbocycles. The lowest BCUT2D eigenvalue weighted by molar-refractivity contribution is -0.149. The summed E-state index contributed by atoms with van der Waals surface area (Å²) < 4.78 is 4.96. The summed E-state index contributed by atoms with van der Waals surface area (Å²) in [5, 5.41) is 0. The second-order valence-corrected chi connectivity index (χ2v) is 3.69. The van der Waals surface area contributed by atoms with Crippen molar-refractivity contribution >= 4 is 5.97 Å². The van der Waals surface area contributed by atoms with E-state index in [-0.39, 0.29) is 5.97 Å². The second kappa shape index (κ2) is 6.46. The number of allylic oxidation sites excluding steroid dienone is 1. The normalized spacial score (nSPS) is 9.31. The van der Waals surface area contributed by atoms with Crippen LogP contribution < -0.4 is 0 Å². The Hall–Kier alpha value is -1.05. The topological polar surface area (TPSA) is 26.3 Å². The van der Waals surface area contributed by atoms with E-state index in [1.807, 2.05) is 27.7 Å². The minimum Gasteiger partial charge on any atom is -0.457 e. The predicted molar refractivity (Wildman–Crippen MR) is 56.5 cm³/mol. The molecule has 0 radical (unpaired) electrons. The molecule has 0 heterocycles. The minimum absolute atomic E-state index is 0.326. The van der Waals surface area contributed by atoms with Gasteiger partial charge in [0.25, 0.3) is 0 Å². The van der Waals surface area contributed by atoms with Crippen molar-refractivity contribution in [1.82, 2.24) is 0 Å². The quantitative estimate of drug-likeness (QED) is 0.355. The molecule has 0 aromatic rings. The average molecular weight is 184 g/mol. The second-order valence-electron chi connectivity index (χ2n) is 3.69. The van der Waals surface area contributed by atoms with Gasteiger partial charge in [-0.3, -0.25) is 0 Å². The van der Waals surface area contributed by atoms with Crippen molar-refractivity contribution in [2.75, 3.05) is 0 Å². The number of ether oxygens (including phenoxy) is 1. The number of carbonyl (C=O) groups excluding carboxylic acids is 1. The monoisotopic (exact) mass is 184 g/mol. The third-order valence-electron chi connectivity index (χ3n) is 0.747. The Morgan fingerprint density at radius 1 is 1.38 bits per heavy atom. The first-order valence-electron chi connectivity index (χ1n) is 4.20. The first-order valence-corrected chi connectivity index (χ1v) is 4.20. The van der Waals surface area contributed by atoms with Crippen LogP contribution >= 0.6 is 0 Å². The number of carbonyl (C=O) groups is 1. The minimum atomic E-state index is -0.407. The van der Waals surface area contributed by atoms with Gasteiger partial charge in [-0.1, -0.05) is 12.7 Å². The third kappa shape index (κ3) is 13.9.